The van der Waals surface area contributed by atoms with Crippen LogP contribution in [-0.2, 0) is 11.3 Å². The van der Waals surface area contributed by atoms with E-state index in [4.69, 9.17) is 4.74 Å². The second-order valence-corrected chi connectivity index (χ2v) is 6.90. The van der Waals surface area contributed by atoms with Crippen molar-refractivity contribution in [3.8, 4) is 5.75 Å². The maximum absolute atomic E-state index is 12.6. The molecule has 1 heterocycles. The van der Waals surface area contributed by atoms with E-state index in [-0.39, 0.29) is 17.6 Å². The maximum atomic E-state index is 12.6. The van der Waals surface area contributed by atoms with Gasteiger partial charge in [-0.2, -0.15) is 0 Å². The number of nitrogens with one attached hydrogen (secondary N) is 2. The number of nitro benzene ring substituents is 1. The highest BCUT2D eigenvalue weighted by molar-refractivity contribution is 7.10. The fraction of sp³-hybridized carbons (Fsp3) is 0.353. The van der Waals surface area contributed by atoms with Crippen LogP contribution in [-0.4, -0.2) is 31.0 Å². The van der Waals surface area contributed by atoms with Crippen molar-refractivity contribution in [2.75, 3.05) is 19.5 Å². The number of anilines is 1. The third kappa shape index (κ3) is 4.55. The smallest absolute Gasteiger partial charge is 0.282 e. The Hall–Kier alpha value is -2.45. The lowest BCUT2D eigenvalue weighted by molar-refractivity contribution is -0.907. The first-order valence-electron chi connectivity index (χ1n) is 7.82. The molecule has 0 aliphatic heterocycles. The predicted octanol–water partition coefficient (Wildman–Crippen LogP) is 2.02. The van der Waals surface area contributed by atoms with E-state index in [2.05, 4.69) is 18.3 Å². The number of hydrogen-bond acceptors (Lipinski definition) is 5. The predicted molar refractivity (Wildman–Crippen MR) is 97.4 cm³/mol. The summed E-state index contributed by atoms with van der Waals surface area (Å²) in [5, 5.41) is 15.7. The molecular formula is C17H22N3O4S+. The Kier molecular flexibility index (Phi) is 6.11. The van der Waals surface area contributed by atoms with E-state index in [1.165, 1.54) is 35.7 Å². The first kappa shape index (κ1) is 18.9. The summed E-state index contributed by atoms with van der Waals surface area (Å²) in [5.74, 6) is 0.170. The normalized spacial score (nSPS) is 13.1. The number of thiophene rings is 1. The van der Waals surface area contributed by atoms with E-state index in [0.29, 0.717) is 11.4 Å². The summed E-state index contributed by atoms with van der Waals surface area (Å²) < 4.78 is 5.18. The third-order valence-electron chi connectivity index (χ3n) is 4.19. The van der Waals surface area contributed by atoms with Gasteiger partial charge >= 0.3 is 0 Å². The zero-order valence-corrected chi connectivity index (χ0v) is 15.5. The van der Waals surface area contributed by atoms with Crippen LogP contribution in [0.15, 0.2) is 29.6 Å². The molecule has 7 nitrogen and oxygen atoms in total. The molecule has 0 saturated heterocycles. The molecule has 0 saturated carbocycles. The van der Waals surface area contributed by atoms with Crippen molar-refractivity contribution < 1.29 is 19.4 Å². The minimum absolute atomic E-state index is 0.0985. The number of aryl methyl sites for hydroxylation is 1. The Balaban J connectivity index is 2.11. The second-order valence-electron chi connectivity index (χ2n) is 5.90. The maximum Gasteiger partial charge on any atom is 0.282 e. The zero-order chi connectivity index (χ0) is 18.6. The zero-order valence-electron chi connectivity index (χ0n) is 14.7. The lowest BCUT2D eigenvalue weighted by Crippen LogP contribution is -3.12. The highest BCUT2D eigenvalue weighted by Gasteiger charge is 2.24. The van der Waals surface area contributed by atoms with Crippen LogP contribution in [0.1, 0.15) is 17.4 Å². The molecule has 2 atom stereocenters. The van der Waals surface area contributed by atoms with Crippen molar-refractivity contribution in [1.29, 1.82) is 0 Å². The quantitative estimate of drug-likeness (QED) is 0.581. The number of rotatable bonds is 7. The molecule has 8 heteroatoms. The second kappa shape index (κ2) is 8.09. The highest BCUT2D eigenvalue weighted by atomic mass is 32.1. The summed E-state index contributed by atoms with van der Waals surface area (Å²) in [7, 11) is 3.41. The summed E-state index contributed by atoms with van der Waals surface area (Å²) in [4.78, 5) is 25.3. The van der Waals surface area contributed by atoms with E-state index in [1.54, 1.807) is 11.3 Å². The molecule has 2 rings (SSSR count). The molecule has 2 N–H and O–H groups in total. The van der Waals surface area contributed by atoms with Crippen LogP contribution in [0.5, 0.6) is 5.75 Å². The van der Waals surface area contributed by atoms with E-state index in [9.17, 15) is 14.9 Å². The van der Waals surface area contributed by atoms with Gasteiger partial charge in [0.15, 0.2) is 6.04 Å². The number of methoxy groups -OCH3 is 1. The Morgan fingerprint density at radius 3 is 2.72 bits per heavy atom. The fourth-order valence-corrected chi connectivity index (χ4v) is 3.36. The first-order valence-corrected chi connectivity index (χ1v) is 8.70. The van der Waals surface area contributed by atoms with Gasteiger partial charge in [0.2, 0.25) is 0 Å². The van der Waals surface area contributed by atoms with Crippen LogP contribution in [0.4, 0.5) is 11.4 Å². The van der Waals surface area contributed by atoms with Gasteiger partial charge in [0, 0.05) is 12.1 Å². The molecule has 1 amide bonds. The molecule has 1 unspecified atom stereocenters. The minimum Gasteiger partial charge on any atom is -0.495 e. The molecule has 2 aromatic rings. The van der Waals surface area contributed by atoms with Crippen LogP contribution in [0.3, 0.4) is 0 Å². The number of carbonyl (C=O) groups is 1. The lowest BCUT2D eigenvalue weighted by atomic mass is 10.2. The van der Waals surface area contributed by atoms with E-state index in [0.717, 1.165) is 11.4 Å². The topological polar surface area (TPSA) is 85.9 Å². The van der Waals surface area contributed by atoms with E-state index in [1.807, 2.05) is 19.4 Å². The molecule has 25 heavy (non-hydrogen) atoms. The van der Waals surface area contributed by atoms with Crippen molar-refractivity contribution in [3.05, 3.63) is 50.2 Å². The van der Waals surface area contributed by atoms with Gasteiger partial charge < -0.3 is 15.0 Å². The van der Waals surface area contributed by atoms with Crippen LogP contribution in [0, 0.1) is 17.0 Å². The summed E-state index contributed by atoms with van der Waals surface area (Å²) in [6, 6.07) is 5.86. The third-order valence-corrected chi connectivity index (χ3v) is 5.21. The van der Waals surface area contributed by atoms with Crippen molar-refractivity contribution in [3.63, 3.8) is 0 Å². The van der Waals surface area contributed by atoms with E-state index >= 15 is 0 Å². The molecular weight excluding hydrogens is 342 g/mol. The Labute approximate surface area is 150 Å². The first-order chi connectivity index (χ1) is 11.8. The highest BCUT2D eigenvalue weighted by Crippen LogP contribution is 2.28. The SMILES string of the molecule is COc1ccc([N+](=O)[O-])cc1NC(=O)[C@@H](C)[NH+](C)Cc1sccc1C. The number of ether oxygens (including phenoxy) is 1. The largest absolute Gasteiger partial charge is 0.495 e. The van der Waals surface area contributed by atoms with Gasteiger partial charge in [-0.1, -0.05) is 0 Å². The molecule has 0 fully saturated rings. The number of benzene rings is 1. The number of hydrogen-bond donors (Lipinski definition) is 2. The van der Waals surface area contributed by atoms with Crippen molar-refractivity contribution in [2.24, 2.45) is 0 Å². The Morgan fingerprint density at radius 2 is 2.16 bits per heavy atom. The number of non-ortho nitro benzene ring substituents is 1. The summed E-state index contributed by atoms with van der Waals surface area (Å²) in [5.41, 5.74) is 1.42. The van der Waals surface area contributed by atoms with Crippen LogP contribution < -0.4 is 15.0 Å². The summed E-state index contributed by atoms with van der Waals surface area (Å²) in [6.45, 7) is 4.62. The monoisotopic (exact) mass is 364 g/mol. The van der Waals surface area contributed by atoms with E-state index < -0.39 is 4.92 Å². The molecule has 1 aromatic heterocycles. The van der Waals surface area contributed by atoms with Gasteiger partial charge in [0.25, 0.3) is 11.6 Å². The van der Waals surface area contributed by atoms with Gasteiger partial charge in [-0.05, 0) is 36.9 Å². The van der Waals surface area contributed by atoms with Gasteiger partial charge in [-0.15, -0.1) is 11.3 Å². The Morgan fingerprint density at radius 1 is 1.44 bits per heavy atom. The number of nitrogens with zero attached hydrogens (tertiary/aromatic N) is 1. The minimum atomic E-state index is -0.504. The van der Waals surface area contributed by atoms with Gasteiger partial charge in [-0.3, -0.25) is 14.9 Å². The number of quaternary nitrogens is 1. The molecule has 0 aliphatic rings. The van der Waals surface area contributed by atoms with Crippen molar-refractivity contribution in [1.82, 2.24) is 0 Å². The summed E-state index contributed by atoms with van der Waals surface area (Å²) >= 11 is 1.67. The van der Waals surface area contributed by atoms with Crippen molar-refractivity contribution >= 4 is 28.6 Å². The number of carbonyl (C=O) groups excluding carboxylic acids is 1. The molecule has 0 bridgehead atoms. The van der Waals surface area contributed by atoms with Crippen LogP contribution in [0.2, 0.25) is 0 Å². The van der Waals surface area contributed by atoms with Crippen LogP contribution >= 0.6 is 11.3 Å². The Bertz CT molecular complexity index is 775. The molecule has 0 spiro atoms. The van der Waals surface area contributed by atoms with Gasteiger partial charge in [0.1, 0.15) is 12.3 Å². The number of nitro groups is 1. The van der Waals surface area contributed by atoms with Crippen molar-refractivity contribution in [2.45, 2.75) is 26.4 Å². The van der Waals surface area contributed by atoms with Crippen LogP contribution in [0.25, 0.3) is 0 Å². The number of amides is 1. The average Bonchev–Trinajstić information content (AvgIpc) is 2.98. The fourth-order valence-electron chi connectivity index (χ4n) is 2.36. The lowest BCUT2D eigenvalue weighted by Gasteiger charge is -2.21. The van der Waals surface area contributed by atoms with Gasteiger partial charge in [-0.25, -0.2) is 0 Å². The average molecular weight is 364 g/mol. The molecule has 0 aliphatic carbocycles. The summed E-state index contributed by atoms with van der Waals surface area (Å²) in [6.07, 6.45) is 0. The molecule has 0 radical (unpaired) electrons. The molecule has 134 valence electrons. The van der Waals surface area contributed by atoms with Gasteiger partial charge in [0.05, 0.1) is 29.6 Å². The number of likely N-dealkylation sites (N-methyl/N-ethyl adjacent to an activating group) is 1. The standard InChI is InChI=1S/C17H21N3O4S/c1-11-7-8-25-16(11)10-19(3)12(2)17(21)18-14-9-13(20(22)23)5-6-15(14)24-4/h5-9,12H,10H2,1-4H3,(H,18,21)/p+1/t12-/m1/s1. The molecule has 1 aromatic carbocycles.